The van der Waals surface area contributed by atoms with Crippen molar-refractivity contribution in [3.63, 3.8) is 0 Å². The number of halogens is 1. The normalized spacial score (nSPS) is 9.75. The maximum absolute atomic E-state index is 13.8. The third-order valence-corrected chi connectivity index (χ3v) is 3.20. The Hall–Kier alpha value is -2.84. The molecule has 0 atom stereocenters. The van der Waals surface area contributed by atoms with Gasteiger partial charge in [0.15, 0.2) is 0 Å². The lowest BCUT2D eigenvalue weighted by molar-refractivity contribution is 0.140. The number of hydrogen-bond acceptors (Lipinski definition) is 3. The highest BCUT2D eigenvalue weighted by Gasteiger charge is 2.04. The summed E-state index contributed by atoms with van der Waals surface area (Å²) >= 11 is 0. The van der Waals surface area contributed by atoms with Gasteiger partial charge in [-0.05, 0) is 11.6 Å². The van der Waals surface area contributed by atoms with Gasteiger partial charge in [0.1, 0.15) is 12.4 Å². The van der Waals surface area contributed by atoms with Crippen molar-refractivity contribution < 1.29 is 19.0 Å². The average molecular weight is 327 g/mol. The first kappa shape index (κ1) is 17.5. The summed E-state index contributed by atoms with van der Waals surface area (Å²) in [6.07, 6.45) is -0.155. The number of hydrogen-bond donors (Lipinski definition) is 2. The molecule has 0 aliphatic rings. The lowest BCUT2D eigenvalue weighted by atomic mass is 10.1. The Balaban J connectivity index is 1.72. The number of carbonyl (C=O) groups excluding carboxylic acids is 1. The van der Waals surface area contributed by atoms with Gasteiger partial charge in [0, 0.05) is 18.5 Å². The van der Waals surface area contributed by atoms with E-state index < -0.39 is 11.9 Å². The second-order valence-corrected chi connectivity index (χ2v) is 4.98. The van der Waals surface area contributed by atoms with E-state index >= 15 is 0 Å². The summed E-state index contributed by atoms with van der Waals surface area (Å²) in [6.45, 7) is 0.148. The van der Waals surface area contributed by atoms with Gasteiger partial charge in [-0.1, -0.05) is 54.3 Å². The maximum atomic E-state index is 13.8. The molecule has 4 nitrogen and oxygen atoms in total. The van der Waals surface area contributed by atoms with Crippen LogP contribution in [-0.2, 0) is 18.0 Å². The number of ether oxygens (including phenoxy) is 1. The smallest absolute Gasteiger partial charge is 0.407 e. The summed E-state index contributed by atoms with van der Waals surface area (Å²) in [4.78, 5) is 11.5. The number of carbonyl (C=O) groups is 1. The van der Waals surface area contributed by atoms with Crippen LogP contribution in [0, 0.1) is 17.7 Å². The predicted molar refractivity (Wildman–Crippen MR) is 88.4 cm³/mol. The van der Waals surface area contributed by atoms with E-state index in [1.807, 2.05) is 30.3 Å². The molecule has 1 amide bonds. The summed E-state index contributed by atoms with van der Waals surface area (Å²) in [7, 11) is 0. The average Bonchev–Trinajstić information content (AvgIpc) is 2.62. The Bertz CT molecular complexity index is 735. The molecule has 2 N–H and O–H groups in total. The Morgan fingerprint density at radius 2 is 1.96 bits per heavy atom. The molecule has 0 aliphatic carbocycles. The third-order valence-electron chi connectivity index (χ3n) is 3.20. The number of alkyl carbamates (subject to hydrolysis) is 1. The molecule has 24 heavy (non-hydrogen) atoms. The molecule has 0 saturated heterocycles. The first-order valence-corrected chi connectivity index (χ1v) is 7.52. The molecule has 2 rings (SSSR count). The monoisotopic (exact) mass is 327 g/mol. The van der Waals surface area contributed by atoms with Gasteiger partial charge in [-0.15, -0.1) is 0 Å². The first-order valence-electron chi connectivity index (χ1n) is 7.52. The predicted octanol–water partition coefficient (Wildman–Crippen LogP) is 2.99. The van der Waals surface area contributed by atoms with Crippen molar-refractivity contribution in [1.29, 1.82) is 0 Å². The Labute approximate surface area is 140 Å². The van der Waals surface area contributed by atoms with Crippen LogP contribution in [0.25, 0.3) is 0 Å². The fourth-order valence-corrected chi connectivity index (χ4v) is 1.96. The highest BCUT2D eigenvalue weighted by Crippen LogP contribution is 2.11. The summed E-state index contributed by atoms with van der Waals surface area (Å²) < 4.78 is 18.9. The van der Waals surface area contributed by atoms with E-state index in [0.717, 1.165) is 5.56 Å². The zero-order valence-electron chi connectivity index (χ0n) is 13.1. The first-order chi connectivity index (χ1) is 11.7. The molecule has 0 bridgehead atoms. The summed E-state index contributed by atoms with van der Waals surface area (Å²) in [6, 6.07) is 14.1. The number of nitrogens with one attached hydrogen (secondary N) is 1. The minimum atomic E-state index is -0.519. The van der Waals surface area contributed by atoms with E-state index in [9.17, 15) is 9.18 Å². The molecule has 0 unspecified atom stereocenters. The standard InChI is InChI=1S/C19H18FNO3/c20-18-16(10-6-11-17(18)13-22)9-4-5-12-21-19(23)24-14-15-7-2-1-3-8-15/h1-3,6-8,10-11,22H,5,12-14H2,(H,21,23). The zero-order chi connectivity index (χ0) is 17.2. The van der Waals surface area contributed by atoms with Crippen molar-refractivity contribution in [1.82, 2.24) is 5.32 Å². The van der Waals surface area contributed by atoms with E-state index in [1.54, 1.807) is 12.1 Å². The fourth-order valence-electron chi connectivity index (χ4n) is 1.96. The van der Waals surface area contributed by atoms with Crippen molar-refractivity contribution >= 4 is 6.09 Å². The minimum absolute atomic E-state index is 0.206. The topological polar surface area (TPSA) is 58.6 Å². The van der Waals surface area contributed by atoms with Crippen LogP contribution in [0.4, 0.5) is 9.18 Å². The number of amides is 1. The van der Waals surface area contributed by atoms with Gasteiger partial charge in [-0.2, -0.15) is 0 Å². The molecule has 2 aromatic carbocycles. The van der Waals surface area contributed by atoms with Gasteiger partial charge in [-0.3, -0.25) is 0 Å². The van der Waals surface area contributed by atoms with Crippen LogP contribution < -0.4 is 5.32 Å². The van der Waals surface area contributed by atoms with Crippen molar-refractivity contribution in [2.24, 2.45) is 0 Å². The third kappa shape index (κ3) is 5.41. The summed E-state index contributed by atoms with van der Waals surface area (Å²) in [5.74, 6) is 4.96. The Morgan fingerprint density at radius 3 is 2.71 bits per heavy atom. The molecule has 0 saturated carbocycles. The lowest BCUT2D eigenvalue weighted by Gasteiger charge is -2.05. The van der Waals surface area contributed by atoms with Crippen LogP contribution >= 0.6 is 0 Å². The highest BCUT2D eigenvalue weighted by molar-refractivity contribution is 5.67. The quantitative estimate of drug-likeness (QED) is 0.656. The van der Waals surface area contributed by atoms with Gasteiger partial charge >= 0.3 is 6.09 Å². The van der Waals surface area contributed by atoms with Gasteiger partial charge in [0.05, 0.1) is 12.2 Å². The summed E-state index contributed by atoms with van der Waals surface area (Å²) in [5.41, 5.74) is 1.35. The van der Waals surface area contributed by atoms with Crippen LogP contribution in [0.5, 0.6) is 0 Å². The number of aliphatic hydroxyl groups excluding tert-OH is 1. The second kappa shape index (κ2) is 9.33. The molecule has 0 heterocycles. The van der Waals surface area contributed by atoms with E-state index in [-0.39, 0.29) is 24.3 Å². The molecule has 0 aromatic heterocycles. The minimum Gasteiger partial charge on any atom is -0.445 e. The zero-order valence-corrected chi connectivity index (χ0v) is 13.1. The van der Waals surface area contributed by atoms with Gasteiger partial charge in [-0.25, -0.2) is 9.18 Å². The molecule has 0 radical (unpaired) electrons. The van der Waals surface area contributed by atoms with Crippen LogP contribution in [0.15, 0.2) is 48.5 Å². The molecule has 2 aromatic rings. The van der Waals surface area contributed by atoms with E-state index in [0.29, 0.717) is 13.0 Å². The van der Waals surface area contributed by atoms with Crippen molar-refractivity contribution in [3.05, 3.63) is 71.0 Å². The summed E-state index contributed by atoms with van der Waals surface area (Å²) in [5, 5.41) is 11.6. The van der Waals surface area contributed by atoms with Gasteiger partial charge in [0.2, 0.25) is 0 Å². The molecule has 0 aliphatic heterocycles. The van der Waals surface area contributed by atoms with E-state index in [4.69, 9.17) is 9.84 Å². The number of rotatable bonds is 5. The number of benzene rings is 2. The Morgan fingerprint density at radius 1 is 1.17 bits per heavy atom. The van der Waals surface area contributed by atoms with Crippen LogP contribution in [0.3, 0.4) is 0 Å². The van der Waals surface area contributed by atoms with Crippen molar-refractivity contribution in [3.8, 4) is 11.8 Å². The SMILES string of the molecule is O=C(NCCC#Cc1cccc(CO)c1F)OCc1ccccc1. The molecule has 0 fully saturated rings. The van der Waals surface area contributed by atoms with Crippen LogP contribution in [-0.4, -0.2) is 17.7 Å². The second-order valence-electron chi connectivity index (χ2n) is 4.98. The van der Waals surface area contributed by atoms with Crippen LogP contribution in [0.2, 0.25) is 0 Å². The Kier molecular flexibility index (Phi) is 6.81. The van der Waals surface area contributed by atoms with Crippen LogP contribution in [0.1, 0.15) is 23.1 Å². The van der Waals surface area contributed by atoms with Crippen molar-refractivity contribution in [2.75, 3.05) is 6.54 Å². The van der Waals surface area contributed by atoms with Gasteiger partial charge in [0.25, 0.3) is 0 Å². The van der Waals surface area contributed by atoms with E-state index in [2.05, 4.69) is 17.2 Å². The fraction of sp³-hybridized carbons (Fsp3) is 0.211. The molecular weight excluding hydrogens is 309 g/mol. The largest absolute Gasteiger partial charge is 0.445 e. The molecular formula is C19H18FNO3. The van der Waals surface area contributed by atoms with E-state index in [1.165, 1.54) is 6.07 Å². The molecule has 0 spiro atoms. The molecule has 5 heteroatoms. The highest BCUT2D eigenvalue weighted by atomic mass is 19.1. The van der Waals surface area contributed by atoms with Crippen molar-refractivity contribution in [2.45, 2.75) is 19.6 Å². The molecule has 124 valence electrons. The maximum Gasteiger partial charge on any atom is 0.407 e. The number of aliphatic hydroxyl groups is 1. The lowest BCUT2D eigenvalue weighted by Crippen LogP contribution is -2.24. The van der Waals surface area contributed by atoms with Gasteiger partial charge < -0.3 is 15.2 Å².